The van der Waals surface area contributed by atoms with E-state index in [9.17, 15) is 55.8 Å². The van der Waals surface area contributed by atoms with Gasteiger partial charge in [0.1, 0.15) is 5.82 Å². The second-order valence-corrected chi connectivity index (χ2v) is 10.6. The normalized spacial score (nSPS) is 11.7. The van der Waals surface area contributed by atoms with E-state index in [1.54, 1.807) is 30.3 Å². The van der Waals surface area contributed by atoms with Crippen LogP contribution < -0.4 is 16.8 Å². The molecule has 53 heavy (non-hydrogen) atoms. The van der Waals surface area contributed by atoms with Gasteiger partial charge in [-0.3, -0.25) is 25.0 Å². The van der Waals surface area contributed by atoms with E-state index < -0.39 is 45.9 Å². The van der Waals surface area contributed by atoms with E-state index in [0.29, 0.717) is 41.5 Å². The number of nitro groups is 2. The molecule has 0 radical (unpaired) electrons. The Morgan fingerprint density at radius 1 is 0.849 bits per heavy atom. The fraction of sp³-hybridized carbons (Fsp3) is 0.267. The molecule has 3 aromatic carbocycles. The number of carbonyl (C=O) groups excluding carboxylic acids is 1. The molecule has 1 aromatic heterocycles. The van der Waals surface area contributed by atoms with Crippen LogP contribution in [0.4, 0.5) is 42.1 Å². The summed E-state index contributed by atoms with van der Waals surface area (Å²) in [5.74, 6) is -6.75. The van der Waals surface area contributed by atoms with Gasteiger partial charge in [-0.2, -0.15) is 26.3 Å². The van der Waals surface area contributed by atoms with Gasteiger partial charge in [0.05, 0.1) is 27.4 Å². The van der Waals surface area contributed by atoms with E-state index in [0.717, 1.165) is 18.2 Å². The Hall–Kier alpha value is -6.23. The van der Waals surface area contributed by atoms with Crippen molar-refractivity contribution in [2.24, 2.45) is 11.5 Å². The summed E-state index contributed by atoms with van der Waals surface area (Å²) >= 11 is 0. The number of nitrogens with two attached hydrogens (primary N) is 2. The monoisotopic (exact) mass is 763 g/mol. The number of carboxylic acids is 2. The molecule has 23 heteroatoms. The molecule has 0 spiro atoms. The number of nitro benzene ring substituents is 2. The number of fused-ring (bicyclic) bond motifs is 1. The van der Waals surface area contributed by atoms with E-state index in [2.05, 4.69) is 10.3 Å². The number of hydrogen-bond donors (Lipinski definition) is 5. The summed E-state index contributed by atoms with van der Waals surface area (Å²) in [7, 11) is 0. The number of rotatable bonds is 11. The van der Waals surface area contributed by atoms with Crippen molar-refractivity contribution in [3.63, 3.8) is 0 Å². The zero-order valence-electron chi connectivity index (χ0n) is 26.7. The molecule has 0 unspecified atom stereocenters. The van der Waals surface area contributed by atoms with Crippen LogP contribution in [0.25, 0.3) is 22.2 Å². The zero-order chi connectivity index (χ0) is 40.3. The number of aromatic nitrogens is 2. The first kappa shape index (κ1) is 42.9. The highest BCUT2D eigenvalue weighted by Crippen LogP contribution is 2.28. The lowest BCUT2D eigenvalue weighted by molar-refractivity contribution is -0.385. The quantitative estimate of drug-likeness (QED) is 0.0786. The van der Waals surface area contributed by atoms with Crippen LogP contribution in [0.1, 0.15) is 29.0 Å². The van der Waals surface area contributed by atoms with E-state index >= 15 is 0 Å². The summed E-state index contributed by atoms with van der Waals surface area (Å²) in [6.07, 6.45) is -8.85. The van der Waals surface area contributed by atoms with Gasteiger partial charge < -0.3 is 31.6 Å². The van der Waals surface area contributed by atoms with Crippen molar-refractivity contribution in [2.75, 3.05) is 13.1 Å². The summed E-state index contributed by atoms with van der Waals surface area (Å²) in [6, 6.07) is 14.0. The number of aliphatic carboxylic acids is 2. The molecule has 4 aromatic rings. The van der Waals surface area contributed by atoms with Crippen molar-refractivity contribution in [2.45, 2.75) is 37.8 Å². The van der Waals surface area contributed by atoms with Crippen molar-refractivity contribution in [1.82, 2.24) is 14.9 Å². The highest BCUT2D eigenvalue weighted by molar-refractivity contribution is 5.95. The molecule has 16 nitrogen and oxygen atoms in total. The summed E-state index contributed by atoms with van der Waals surface area (Å²) in [5, 5.41) is 39.2. The number of non-ortho nitro benzene ring substituents is 2. The Kier molecular flexibility index (Phi) is 14.8. The lowest BCUT2D eigenvalue weighted by Gasteiger charge is -2.13. The first-order valence-electron chi connectivity index (χ1n) is 14.6. The number of hydrogen-bond acceptors (Lipinski definition) is 10. The highest BCUT2D eigenvalue weighted by Gasteiger charge is 2.39. The lowest BCUT2D eigenvalue weighted by atomic mass is 10.0. The Balaban J connectivity index is 0.000000587. The first-order valence-corrected chi connectivity index (χ1v) is 14.6. The zero-order valence-corrected chi connectivity index (χ0v) is 26.7. The van der Waals surface area contributed by atoms with E-state index in [1.807, 2.05) is 0 Å². The van der Waals surface area contributed by atoms with Crippen LogP contribution in [0.3, 0.4) is 0 Å². The van der Waals surface area contributed by atoms with Gasteiger partial charge in [-0.15, -0.1) is 0 Å². The van der Waals surface area contributed by atoms with Gasteiger partial charge in [0.15, 0.2) is 5.82 Å². The summed E-state index contributed by atoms with van der Waals surface area (Å²) < 4.78 is 79.6. The minimum atomic E-state index is -5.08. The molecule has 1 atom stereocenters. The Bertz CT molecular complexity index is 1930. The maximum absolute atomic E-state index is 14.7. The van der Waals surface area contributed by atoms with Crippen LogP contribution in [-0.4, -0.2) is 78.9 Å². The van der Waals surface area contributed by atoms with Crippen molar-refractivity contribution in [1.29, 1.82) is 0 Å². The molecule has 1 amide bonds. The molecule has 0 saturated heterocycles. The van der Waals surface area contributed by atoms with E-state index in [4.69, 9.17) is 31.3 Å². The third-order valence-electron chi connectivity index (χ3n) is 6.72. The molecule has 0 bridgehead atoms. The first-order chi connectivity index (χ1) is 24.6. The second-order valence-electron chi connectivity index (χ2n) is 10.6. The summed E-state index contributed by atoms with van der Waals surface area (Å²) in [6.45, 7) is 0.452. The van der Waals surface area contributed by atoms with E-state index in [1.165, 1.54) is 16.7 Å². The van der Waals surface area contributed by atoms with Gasteiger partial charge in [-0.05, 0) is 60.8 Å². The van der Waals surface area contributed by atoms with Crippen LogP contribution in [0.2, 0.25) is 0 Å². The topological polar surface area (TPSA) is 260 Å². The Morgan fingerprint density at radius 2 is 1.36 bits per heavy atom. The second kappa shape index (κ2) is 18.3. The molecular formula is C30H28F7N7O9. The SMILES string of the molecule is NCCC[C@H](N)CNC(=O)c1nc2cc(-c3ccc([N+](=O)[O-])cc3)ccc2n1Cc1cc([N+](=O)[O-])ccc1F.O=C(O)C(F)(F)F.O=C(O)C(F)(F)F. The number of halogens is 7. The molecule has 1 heterocycles. The number of nitrogens with zero attached hydrogens (tertiary/aromatic N) is 4. The number of carbonyl (C=O) groups is 3. The number of alkyl halides is 6. The third kappa shape index (κ3) is 12.8. The molecule has 7 N–H and O–H groups in total. The van der Waals surface area contributed by atoms with Crippen molar-refractivity contribution in [3.8, 4) is 11.1 Å². The Morgan fingerprint density at radius 3 is 1.85 bits per heavy atom. The molecule has 286 valence electrons. The van der Waals surface area contributed by atoms with Gasteiger partial charge in [-0.1, -0.05) is 6.07 Å². The molecular weight excluding hydrogens is 735 g/mol. The highest BCUT2D eigenvalue weighted by atomic mass is 19.4. The van der Waals surface area contributed by atoms with Crippen molar-refractivity contribution >= 4 is 40.3 Å². The molecule has 0 aliphatic heterocycles. The standard InChI is InChI=1S/C26H26FN7O5.2C2HF3O2/c27-22-9-8-21(34(38)39)12-18(22)15-32-24-10-5-17(16-3-6-20(7-4-16)33(36)37)13-23(24)31-25(32)26(35)30-14-19(29)2-1-11-28;2*3-2(4,5)1(6)7/h3-10,12-13,19H,1-2,11,14-15,28-29H2,(H,30,35);2*(H,6,7)/t19-;;/m0../s1. The van der Waals surface area contributed by atoms with Crippen LogP contribution >= 0.6 is 0 Å². The number of benzene rings is 3. The fourth-order valence-electron chi connectivity index (χ4n) is 4.17. The Labute approximate surface area is 292 Å². The lowest BCUT2D eigenvalue weighted by Crippen LogP contribution is -2.38. The van der Waals surface area contributed by atoms with Crippen LogP contribution in [-0.2, 0) is 16.1 Å². The predicted octanol–water partition coefficient (Wildman–Crippen LogP) is 4.77. The number of amides is 1. The minimum Gasteiger partial charge on any atom is -0.475 e. The summed E-state index contributed by atoms with van der Waals surface area (Å²) in [5.41, 5.74) is 13.5. The van der Waals surface area contributed by atoms with Crippen molar-refractivity contribution < 1.29 is 65.2 Å². The fourth-order valence-corrected chi connectivity index (χ4v) is 4.17. The van der Waals surface area contributed by atoms with Gasteiger partial charge in [-0.25, -0.2) is 19.0 Å². The van der Waals surface area contributed by atoms with Gasteiger partial charge in [0, 0.05) is 42.4 Å². The van der Waals surface area contributed by atoms with Gasteiger partial charge in [0.25, 0.3) is 17.3 Å². The molecule has 4 rings (SSSR count). The van der Waals surface area contributed by atoms with Crippen molar-refractivity contribution in [3.05, 3.63) is 98.1 Å². The van der Waals surface area contributed by atoms with Crippen LogP contribution in [0.15, 0.2) is 60.7 Å². The molecule has 0 aliphatic carbocycles. The number of carboxylic acid groups (broad SMARTS) is 2. The van der Waals surface area contributed by atoms with Crippen LogP contribution in [0.5, 0.6) is 0 Å². The third-order valence-corrected chi connectivity index (χ3v) is 6.72. The predicted molar refractivity (Wildman–Crippen MR) is 170 cm³/mol. The number of imidazole rings is 1. The number of nitrogens with one attached hydrogen (secondary N) is 1. The smallest absolute Gasteiger partial charge is 0.475 e. The summed E-state index contributed by atoms with van der Waals surface area (Å²) in [4.78, 5) is 56.6. The molecule has 0 saturated carbocycles. The maximum Gasteiger partial charge on any atom is 0.490 e. The van der Waals surface area contributed by atoms with Gasteiger partial charge >= 0.3 is 24.3 Å². The average molecular weight is 764 g/mol. The molecule has 0 fully saturated rings. The average Bonchev–Trinajstić information content (AvgIpc) is 3.44. The van der Waals surface area contributed by atoms with Gasteiger partial charge in [0.2, 0.25) is 0 Å². The molecule has 0 aliphatic rings. The minimum absolute atomic E-state index is 0.0108. The van der Waals surface area contributed by atoms with E-state index in [-0.39, 0.29) is 41.9 Å². The largest absolute Gasteiger partial charge is 0.490 e. The van der Waals surface area contributed by atoms with Crippen LogP contribution in [0, 0.1) is 26.0 Å². The maximum atomic E-state index is 14.7.